The first kappa shape index (κ1) is 24.7. The minimum absolute atomic E-state index is 0.0710. The predicted octanol–water partition coefficient (Wildman–Crippen LogP) is 3.51. The maximum absolute atomic E-state index is 13.8. The summed E-state index contributed by atoms with van der Waals surface area (Å²) in [5.74, 6) is -0.296. The molecule has 0 aromatic heterocycles. The lowest BCUT2D eigenvalue weighted by Crippen LogP contribution is -2.54. The molecule has 0 saturated carbocycles. The number of carbonyl (C=O) groups is 3. The van der Waals surface area contributed by atoms with E-state index < -0.39 is 18.2 Å². The van der Waals surface area contributed by atoms with Crippen molar-refractivity contribution in [3.05, 3.63) is 65.7 Å². The van der Waals surface area contributed by atoms with Crippen LogP contribution in [0.5, 0.6) is 0 Å². The third-order valence-corrected chi connectivity index (χ3v) is 6.70. The maximum atomic E-state index is 13.8. The van der Waals surface area contributed by atoms with E-state index in [1.165, 1.54) is 0 Å². The Morgan fingerprint density at radius 3 is 2.26 bits per heavy atom. The summed E-state index contributed by atoms with van der Waals surface area (Å²) in [6.07, 6.45) is -1.22. The smallest absolute Gasteiger partial charge is 0.411 e. The lowest BCUT2D eigenvalue weighted by Gasteiger charge is -2.37. The van der Waals surface area contributed by atoms with Crippen LogP contribution in [0.4, 0.5) is 10.5 Å². The Morgan fingerprint density at radius 2 is 1.66 bits per heavy atom. The molecule has 2 saturated heterocycles. The zero-order valence-corrected chi connectivity index (χ0v) is 20.6. The standard InChI is InChI=1S/C27H34N4O4/c1-4-29-14-16-30(17-15-29)26(33)23-24(21-10-12-22(13-11-21)28-25(32)19(2)3)35-27(34)31(23)18-20-8-6-5-7-9-20/h5-13,19,23-24H,4,14-18H2,1-3H3,(H,28,32). The van der Waals surface area contributed by atoms with Gasteiger partial charge >= 0.3 is 6.09 Å². The van der Waals surface area contributed by atoms with Gasteiger partial charge in [-0.05, 0) is 29.8 Å². The van der Waals surface area contributed by atoms with Gasteiger partial charge in [-0.2, -0.15) is 0 Å². The van der Waals surface area contributed by atoms with Crippen LogP contribution in [0.15, 0.2) is 54.6 Å². The van der Waals surface area contributed by atoms with Crippen LogP contribution in [0.1, 0.15) is 38.0 Å². The molecule has 2 aromatic rings. The molecule has 2 fully saturated rings. The molecule has 2 atom stereocenters. The molecule has 0 radical (unpaired) electrons. The van der Waals surface area contributed by atoms with E-state index in [-0.39, 0.29) is 17.7 Å². The third kappa shape index (κ3) is 5.65. The number of nitrogens with zero attached hydrogens (tertiary/aromatic N) is 3. The first-order valence-corrected chi connectivity index (χ1v) is 12.3. The SMILES string of the molecule is CCN1CCN(C(=O)C2C(c3ccc(NC(=O)C(C)C)cc3)OC(=O)N2Cc2ccccc2)CC1. The van der Waals surface area contributed by atoms with Crippen molar-refractivity contribution in [3.63, 3.8) is 0 Å². The van der Waals surface area contributed by atoms with E-state index in [0.29, 0.717) is 25.3 Å². The normalized spacial score (nSPS) is 20.7. The van der Waals surface area contributed by atoms with E-state index in [2.05, 4.69) is 17.1 Å². The van der Waals surface area contributed by atoms with Gasteiger partial charge in [0, 0.05) is 37.8 Å². The minimum Gasteiger partial charge on any atom is -0.438 e. The highest BCUT2D eigenvalue weighted by Crippen LogP contribution is 2.35. The monoisotopic (exact) mass is 478 g/mol. The molecule has 0 spiro atoms. The molecule has 2 unspecified atom stereocenters. The van der Waals surface area contributed by atoms with E-state index in [1.807, 2.05) is 61.2 Å². The molecular weight excluding hydrogens is 444 g/mol. The lowest BCUT2D eigenvalue weighted by atomic mass is 9.99. The highest BCUT2D eigenvalue weighted by molar-refractivity contribution is 5.92. The second-order valence-corrected chi connectivity index (χ2v) is 9.39. The number of anilines is 1. The number of ether oxygens (including phenoxy) is 1. The Labute approximate surface area is 206 Å². The summed E-state index contributed by atoms with van der Waals surface area (Å²) in [4.78, 5) is 44.5. The summed E-state index contributed by atoms with van der Waals surface area (Å²) in [6.45, 7) is 9.92. The molecule has 2 aromatic carbocycles. The molecule has 186 valence electrons. The fraction of sp³-hybridized carbons (Fsp3) is 0.444. The molecule has 2 heterocycles. The van der Waals surface area contributed by atoms with Gasteiger partial charge in [0.1, 0.15) is 0 Å². The number of nitrogens with one attached hydrogen (secondary N) is 1. The average Bonchev–Trinajstić information content (AvgIpc) is 3.20. The number of carbonyl (C=O) groups excluding carboxylic acids is 3. The third-order valence-electron chi connectivity index (χ3n) is 6.70. The zero-order valence-electron chi connectivity index (χ0n) is 20.6. The van der Waals surface area contributed by atoms with Crippen LogP contribution in [0.25, 0.3) is 0 Å². The van der Waals surface area contributed by atoms with Crippen molar-refractivity contribution in [3.8, 4) is 0 Å². The number of hydrogen-bond donors (Lipinski definition) is 1. The van der Waals surface area contributed by atoms with Gasteiger partial charge in [0.25, 0.3) is 0 Å². The van der Waals surface area contributed by atoms with Crippen LogP contribution >= 0.6 is 0 Å². The van der Waals surface area contributed by atoms with Crippen molar-refractivity contribution in [2.75, 3.05) is 38.0 Å². The van der Waals surface area contributed by atoms with Crippen molar-refractivity contribution < 1.29 is 19.1 Å². The zero-order chi connectivity index (χ0) is 24.9. The van der Waals surface area contributed by atoms with Gasteiger partial charge < -0.3 is 19.9 Å². The van der Waals surface area contributed by atoms with Gasteiger partial charge in [-0.1, -0.05) is 63.2 Å². The molecule has 2 aliphatic heterocycles. The Hall–Kier alpha value is -3.39. The first-order chi connectivity index (χ1) is 16.9. The molecule has 0 bridgehead atoms. The summed E-state index contributed by atoms with van der Waals surface area (Å²) in [5.41, 5.74) is 2.32. The van der Waals surface area contributed by atoms with Crippen LogP contribution in [0.2, 0.25) is 0 Å². The van der Waals surface area contributed by atoms with E-state index >= 15 is 0 Å². The molecule has 1 N–H and O–H groups in total. The molecule has 4 rings (SSSR count). The van der Waals surface area contributed by atoms with Crippen LogP contribution in [0.3, 0.4) is 0 Å². The van der Waals surface area contributed by atoms with Gasteiger partial charge in [0.15, 0.2) is 12.1 Å². The second-order valence-electron chi connectivity index (χ2n) is 9.39. The number of cyclic esters (lactones) is 1. The largest absolute Gasteiger partial charge is 0.438 e. The molecule has 2 aliphatic rings. The van der Waals surface area contributed by atoms with Crippen molar-refractivity contribution in [1.82, 2.24) is 14.7 Å². The summed E-state index contributed by atoms with van der Waals surface area (Å²) >= 11 is 0. The van der Waals surface area contributed by atoms with Gasteiger partial charge in [0.05, 0.1) is 6.54 Å². The average molecular weight is 479 g/mol. The molecular formula is C27H34N4O4. The van der Waals surface area contributed by atoms with Crippen molar-refractivity contribution in [1.29, 1.82) is 0 Å². The summed E-state index contributed by atoms with van der Waals surface area (Å²) in [7, 11) is 0. The maximum Gasteiger partial charge on any atom is 0.411 e. The Balaban J connectivity index is 1.59. The molecule has 3 amide bonds. The number of amides is 3. The number of benzene rings is 2. The highest BCUT2D eigenvalue weighted by Gasteiger charge is 2.48. The van der Waals surface area contributed by atoms with Crippen molar-refractivity contribution in [2.45, 2.75) is 39.5 Å². The van der Waals surface area contributed by atoms with E-state index in [4.69, 9.17) is 4.74 Å². The number of likely N-dealkylation sites (N-methyl/N-ethyl adjacent to an activating group) is 1. The van der Waals surface area contributed by atoms with Gasteiger partial charge in [0.2, 0.25) is 11.8 Å². The number of piperazine rings is 1. The molecule has 8 heteroatoms. The molecule has 35 heavy (non-hydrogen) atoms. The fourth-order valence-electron chi connectivity index (χ4n) is 4.49. The topological polar surface area (TPSA) is 82.2 Å². The second kappa shape index (κ2) is 10.9. The fourth-order valence-corrected chi connectivity index (χ4v) is 4.49. The molecule has 0 aliphatic carbocycles. The summed E-state index contributed by atoms with van der Waals surface area (Å²) in [5, 5.41) is 2.87. The highest BCUT2D eigenvalue weighted by atomic mass is 16.6. The van der Waals surface area contributed by atoms with E-state index in [0.717, 1.165) is 30.8 Å². The van der Waals surface area contributed by atoms with Gasteiger partial charge in [-0.25, -0.2) is 4.79 Å². The minimum atomic E-state index is -0.757. The van der Waals surface area contributed by atoms with Crippen LogP contribution in [-0.2, 0) is 20.9 Å². The van der Waals surface area contributed by atoms with Crippen LogP contribution < -0.4 is 5.32 Å². The van der Waals surface area contributed by atoms with E-state index in [1.54, 1.807) is 17.0 Å². The van der Waals surface area contributed by atoms with Crippen LogP contribution in [0, 0.1) is 5.92 Å². The molecule has 8 nitrogen and oxygen atoms in total. The Morgan fingerprint density at radius 1 is 1.00 bits per heavy atom. The van der Waals surface area contributed by atoms with Gasteiger partial charge in [-0.3, -0.25) is 14.5 Å². The number of rotatable bonds is 7. The van der Waals surface area contributed by atoms with Crippen LogP contribution in [-0.4, -0.2) is 71.4 Å². The first-order valence-electron chi connectivity index (χ1n) is 12.3. The lowest BCUT2D eigenvalue weighted by molar-refractivity contribution is -0.138. The number of hydrogen-bond acceptors (Lipinski definition) is 5. The van der Waals surface area contributed by atoms with E-state index in [9.17, 15) is 14.4 Å². The van der Waals surface area contributed by atoms with Crippen molar-refractivity contribution in [2.24, 2.45) is 5.92 Å². The Bertz CT molecular complexity index is 1030. The summed E-state index contributed by atoms with van der Waals surface area (Å²) in [6, 6.07) is 16.1. The van der Waals surface area contributed by atoms with Crippen molar-refractivity contribution >= 4 is 23.6 Å². The quantitative estimate of drug-likeness (QED) is 0.659. The predicted molar refractivity (Wildman–Crippen MR) is 134 cm³/mol. The van der Waals surface area contributed by atoms with Gasteiger partial charge in [-0.15, -0.1) is 0 Å². The summed E-state index contributed by atoms with van der Waals surface area (Å²) < 4.78 is 5.80. The Kier molecular flexibility index (Phi) is 7.70.